The van der Waals surface area contributed by atoms with E-state index in [4.69, 9.17) is 5.39 Å². The predicted molar refractivity (Wildman–Crippen MR) is 52.2 cm³/mol. The van der Waals surface area contributed by atoms with Gasteiger partial charge >= 0.3 is 11.7 Å². The third-order valence-corrected chi connectivity index (χ3v) is 1.60. The Morgan fingerprint density at radius 2 is 2.36 bits per heavy atom. The first-order chi connectivity index (χ1) is 6.76. The van der Waals surface area contributed by atoms with Crippen LogP contribution >= 0.6 is 0 Å². The Kier molecular flexibility index (Phi) is 3.39. The zero-order chi connectivity index (χ0) is 10.4. The van der Waals surface area contributed by atoms with Crippen molar-refractivity contribution in [1.29, 1.82) is 5.39 Å². The second kappa shape index (κ2) is 4.77. The molecule has 0 spiro atoms. The van der Waals surface area contributed by atoms with Crippen molar-refractivity contribution < 1.29 is 9.53 Å². The second-order valence-corrected chi connectivity index (χ2v) is 2.55. The lowest BCUT2D eigenvalue weighted by atomic mass is 10.2. The molecule has 0 bridgehead atoms. The minimum atomic E-state index is -0.420. The van der Waals surface area contributed by atoms with Gasteiger partial charge in [0.15, 0.2) is 4.98 Å². The third kappa shape index (κ3) is 2.72. The van der Waals surface area contributed by atoms with Crippen LogP contribution in [0.25, 0.3) is 11.1 Å². The first-order valence-electron chi connectivity index (χ1n) is 3.97. The summed E-state index contributed by atoms with van der Waals surface area (Å²) in [5, 5.41) is 8.49. The number of ether oxygens (including phenoxy) is 1. The molecular weight excluding hydrogens is 180 g/mol. The van der Waals surface area contributed by atoms with Crippen molar-refractivity contribution in [3.63, 3.8) is 0 Å². The van der Waals surface area contributed by atoms with Crippen LogP contribution in [-0.2, 0) is 9.53 Å². The van der Waals surface area contributed by atoms with E-state index in [9.17, 15) is 4.79 Å². The molecule has 70 valence electrons. The lowest BCUT2D eigenvalue weighted by Crippen LogP contribution is -1.92. The molecule has 0 saturated carbocycles. The fourth-order valence-corrected chi connectivity index (χ4v) is 0.923. The summed E-state index contributed by atoms with van der Waals surface area (Å²) in [5.41, 5.74) is 1.21. The second-order valence-electron chi connectivity index (χ2n) is 2.55. The molecule has 0 unspecified atom stereocenters. The number of esters is 1. The van der Waals surface area contributed by atoms with E-state index in [1.165, 1.54) is 13.2 Å². The largest absolute Gasteiger partial charge is 0.466 e. The van der Waals surface area contributed by atoms with Crippen LogP contribution in [0.15, 0.2) is 30.3 Å². The molecule has 4 heteroatoms. The Labute approximate surface area is 81.4 Å². The van der Waals surface area contributed by atoms with Crippen molar-refractivity contribution in [3.8, 4) is 0 Å². The van der Waals surface area contributed by atoms with Gasteiger partial charge in [-0.2, -0.15) is 0 Å². The number of diazo groups is 1. The van der Waals surface area contributed by atoms with Crippen LogP contribution in [0.5, 0.6) is 0 Å². The number of benzene rings is 1. The van der Waals surface area contributed by atoms with Crippen LogP contribution in [0, 0.1) is 5.39 Å². The number of hydrogen-bond acceptors (Lipinski definition) is 3. The summed E-state index contributed by atoms with van der Waals surface area (Å²) in [6.45, 7) is 0. The number of methoxy groups -OCH3 is 1. The highest BCUT2D eigenvalue weighted by Gasteiger charge is 2.02. The smallest absolute Gasteiger partial charge is 0.385 e. The monoisotopic (exact) mass is 189 g/mol. The van der Waals surface area contributed by atoms with Crippen LogP contribution in [0.3, 0.4) is 0 Å². The van der Waals surface area contributed by atoms with E-state index in [1.807, 2.05) is 0 Å². The fourth-order valence-electron chi connectivity index (χ4n) is 0.923. The van der Waals surface area contributed by atoms with Crippen LogP contribution in [0.4, 0.5) is 5.69 Å². The molecule has 0 fully saturated rings. The molecule has 0 radical (unpaired) electrons. The summed E-state index contributed by atoms with van der Waals surface area (Å²) in [4.78, 5) is 13.8. The summed E-state index contributed by atoms with van der Waals surface area (Å²) < 4.78 is 4.43. The van der Waals surface area contributed by atoms with Gasteiger partial charge in [-0.15, -0.1) is 0 Å². The Balaban J connectivity index is 2.83. The van der Waals surface area contributed by atoms with E-state index in [0.29, 0.717) is 5.69 Å². The number of carbonyl (C=O) groups is 1. The normalized spacial score (nSPS) is 9.71. The van der Waals surface area contributed by atoms with Crippen molar-refractivity contribution in [2.75, 3.05) is 7.11 Å². The topological polar surface area (TPSA) is 54.5 Å². The molecule has 0 aromatic heterocycles. The van der Waals surface area contributed by atoms with Gasteiger partial charge in [0, 0.05) is 18.2 Å². The zero-order valence-electron chi connectivity index (χ0n) is 7.68. The SMILES string of the molecule is COC(=O)/C=C/c1cccc([N+]#N)c1. The first kappa shape index (κ1) is 9.93. The first-order valence-corrected chi connectivity index (χ1v) is 3.97. The van der Waals surface area contributed by atoms with E-state index < -0.39 is 5.97 Å². The van der Waals surface area contributed by atoms with E-state index in [0.717, 1.165) is 5.56 Å². The van der Waals surface area contributed by atoms with Crippen molar-refractivity contribution in [2.45, 2.75) is 0 Å². The number of nitrogens with zero attached hydrogens (tertiary/aromatic N) is 2. The molecule has 1 rings (SSSR count). The van der Waals surface area contributed by atoms with Gasteiger partial charge in [-0.1, -0.05) is 12.1 Å². The maximum atomic E-state index is 10.8. The zero-order valence-corrected chi connectivity index (χ0v) is 7.68. The predicted octanol–water partition coefficient (Wildman–Crippen LogP) is 2.36. The molecule has 0 heterocycles. The molecule has 0 amide bonds. The third-order valence-electron chi connectivity index (χ3n) is 1.60. The minimum absolute atomic E-state index is 0.420. The van der Waals surface area contributed by atoms with Gasteiger partial charge in [0.05, 0.1) is 7.11 Å². The Morgan fingerprint density at radius 1 is 1.57 bits per heavy atom. The average Bonchev–Trinajstić information content (AvgIpc) is 2.26. The Morgan fingerprint density at radius 3 is 3.00 bits per heavy atom. The van der Waals surface area contributed by atoms with Crippen molar-refractivity contribution in [1.82, 2.24) is 0 Å². The quantitative estimate of drug-likeness (QED) is 0.407. The van der Waals surface area contributed by atoms with Crippen molar-refractivity contribution in [2.24, 2.45) is 0 Å². The number of hydrogen-bond donors (Lipinski definition) is 0. The van der Waals surface area contributed by atoms with Gasteiger partial charge < -0.3 is 4.74 Å². The summed E-state index contributed by atoms with van der Waals surface area (Å²) in [6.07, 6.45) is 2.89. The average molecular weight is 189 g/mol. The number of rotatable bonds is 2. The lowest BCUT2D eigenvalue weighted by molar-refractivity contribution is -0.134. The van der Waals surface area contributed by atoms with E-state index in [-0.39, 0.29) is 0 Å². The van der Waals surface area contributed by atoms with Crippen LogP contribution < -0.4 is 0 Å². The van der Waals surface area contributed by atoms with Gasteiger partial charge in [-0.05, 0) is 11.6 Å². The maximum Gasteiger partial charge on any atom is 0.385 e. The van der Waals surface area contributed by atoms with E-state index in [1.54, 1.807) is 30.3 Å². The number of carbonyl (C=O) groups excluding carboxylic acids is 1. The lowest BCUT2D eigenvalue weighted by Gasteiger charge is -1.90. The molecule has 0 aliphatic carbocycles. The van der Waals surface area contributed by atoms with Crippen LogP contribution in [0.2, 0.25) is 0 Å². The molecule has 1 aromatic carbocycles. The van der Waals surface area contributed by atoms with Gasteiger partial charge in [0.2, 0.25) is 5.39 Å². The van der Waals surface area contributed by atoms with Crippen LogP contribution in [0.1, 0.15) is 5.56 Å². The van der Waals surface area contributed by atoms with Gasteiger partial charge in [0.25, 0.3) is 0 Å². The Bertz CT molecular complexity index is 405. The summed E-state index contributed by atoms with van der Waals surface area (Å²) in [6, 6.07) is 6.80. The minimum Gasteiger partial charge on any atom is -0.466 e. The highest BCUT2D eigenvalue weighted by Crippen LogP contribution is 2.14. The van der Waals surface area contributed by atoms with Crippen LogP contribution in [-0.4, -0.2) is 13.1 Å². The molecule has 4 nitrogen and oxygen atoms in total. The van der Waals surface area contributed by atoms with Gasteiger partial charge in [-0.3, -0.25) is 0 Å². The molecule has 0 atom stereocenters. The molecule has 0 saturated heterocycles. The van der Waals surface area contributed by atoms with Gasteiger partial charge in [0.1, 0.15) is 0 Å². The highest BCUT2D eigenvalue weighted by atomic mass is 16.5. The van der Waals surface area contributed by atoms with Crippen molar-refractivity contribution >= 4 is 17.7 Å². The standard InChI is InChI=1S/C10H9N2O2/c1-14-10(13)6-5-8-3-2-4-9(7-8)12-11/h2-7H,1H3/q+1/b6-5+. The fraction of sp³-hybridized carbons (Fsp3) is 0.100. The molecule has 1 aromatic rings. The summed E-state index contributed by atoms with van der Waals surface area (Å²) in [7, 11) is 1.31. The highest BCUT2D eigenvalue weighted by molar-refractivity contribution is 5.87. The molecule has 0 aliphatic rings. The van der Waals surface area contributed by atoms with Gasteiger partial charge in [-0.25, -0.2) is 4.79 Å². The maximum absolute atomic E-state index is 10.8. The summed E-state index contributed by atoms with van der Waals surface area (Å²) >= 11 is 0. The Hall–Kier alpha value is -2.15. The van der Waals surface area contributed by atoms with E-state index in [2.05, 4.69) is 9.71 Å². The van der Waals surface area contributed by atoms with E-state index >= 15 is 0 Å². The molecule has 0 N–H and O–H groups in total. The molecular formula is C10H9N2O2+. The molecule has 14 heavy (non-hydrogen) atoms. The summed E-state index contributed by atoms with van der Waals surface area (Å²) in [5.74, 6) is -0.420. The molecule has 0 aliphatic heterocycles. The van der Waals surface area contributed by atoms with Crippen molar-refractivity contribution in [3.05, 3.63) is 40.9 Å².